The van der Waals surface area contributed by atoms with Crippen molar-refractivity contribution in [2.45, 2.75) is 13.5 Å². The van der Waals surface area contributed by atoms with Gasteiger partial charge in [-0.05, 0) is 31.2 Å². The number of aromatic nitrogens is 2. The van der Waals surface area contributed by atoms with Crippen molar-refractivity contribution in [2.75, 3.05) is 11.9 Å². The van der Waals surface area contributed by atoms with Crippen LogP contribution in [0.1, 0.15) is 10.0 Å². The first-order valence-electron chi connectivity index (χ1n) is 8.42. The maximum absolute atomic E-state index is 12.2. The number of ether oxygens (including phenoxy) is 1. The van der Waals surface area contributed by atoms with Crippen LogP contribution in [0, 0.1) is 6.92 Å². The van der Waals surface area contributed by atoms with E-state index >= 15 is 0 Å². The molecular formula is C20H17N3O2S2. The number of carbonyl (C=O) groups is 1. The molecule has 0 fully saturated rings. The summed E-state index contributed by atoms with van der Waals surface area (Å²) in [6.45, 7) is 2.28. The summed E-state index contributed by atoms with van der Waals surface area (Å²) in [7, 11) is 0. The Labute approximate surface area is 164 Å². The van der Waals surface area contributed by atoms with Crippen LogP contribution in [0.5, 0.6) is 0 Å². The van der Waals surface area contributed by atoms with Crippen LogP contribution in [0.2, 0.25) is 0 Å². The van der Waals surface area contributed by atoms with Crippen LogP contribution in [-0.4, -0.2) is 22.5 Å². The predicted octanol–water partition coefficient (Wildman–Crippen LogP) is 4.88. The standard InChI is InChI=1S/C20H17N3O2S2/c1-13-21-17(12-26-13)14-5-4-6-15(9-14)22-19(24)10-25-11-20-23-16-7-2-3-8-18(16)27-20/h2-9,12H,10-11H2,1H3,(H,22,24). The van der Waals surface area contributed by atoms with Gasteiger partial charge in [-0.3, -0.25) is 4.79 Å². The molecule has 0 radical (unpaired) electrons. The van der Waals surface area contributed by atoms with Crippen LogP contribution in [0.4, 0.5) is 5.69 Å². The quantitative estimate of drug-likeness (QED) is 0.505. The van der Waals surface area contributed by atoms with Gasteiger partial charge in [0.15, 0.2) is 0 Å². The smallest absolute Gasteiger partial charge is 0.250 e. The van der Waals surface area contributed by atoms with Crippen LogP contribution < -0.4 is 5.32 Å². The first-order chi connectivity index (χ1) is 13.2. The molecule has 2 aromatic heterocycles. The van der Waals surface area contributed by atoms with Gasteiger partial charge in [0, 0.05) is 16.6 Å². The number of anilines is 1. The van der Waals surface area contributed by atoms with Gasteiger partial charge in [-0.1, -0.05) is 24.3 Å². The number of hydrogen-bond acceptors (Lipinski definition) is 6. The molecule has 1 N–H and O–H groups in total. The third kappa shape index (κ3) is 4.39. The molecule has 0 spiro atoms. The number of nitrogens with one attached hydrogen (secondary N) is 1. The third-order valence-corrected chi connectivity index (χ3v) is 5.64. The number of thiazole rings is 2. The van der Waals surface area contributed by atoms with Gasteiger partial charge in [0.05, 0.1) is 27.5 Å². The van der Waals surface area contributed by atoms with Gasteiger partial charge in [-0.2, -0.15) is 0 Å². The van der Waals surface area contributed by atoms with Crippen molar-refractivity contribution in [3.05, 3.63) is 63.9 Å². The van der Waals surface area contributed by atoms with Crippen molar-refractivity contribution in [1.82, 2.24) is 9.97 Å². The van der Waals surface area contributed by atoms with Crippen molar-refractivity contribution >= 4 is 44.5 Å². The van der Waals surface area contributed by atoms with E-state index < -0.39 is 0 Å². The molecule has 2 heterocycles. The van der Waals surface area contributed by atoms with Gasteiger partial charge >= 0.3 is 0 Å². The van der Waals surface area contributed by atoms with Crippen molar-refractivity contribution in [3.8, 4) is 11.3 Å². The normalized spacial score (nSPS) is 11.0. The maximum atomic E-state index is 12.2. The van der Waals surface area contributed by atoms with E-state index in [2.05, 4.69) is 15.3 Å². The number of hydrogen-bond donors (Lipinski definition) is 1. The van der Waals surface area contributed by atoms with E-state index in [1.54, 1.807) is 22.7 Å². The number of aryl methyl sites for hydroxylation is 1. The fourth-order valence-corrected chi connectivity index (χ4v) is 4.19. The lowest BCUT2D eigenvalue weighted by molar-refractivity contribution is -0.121. The summed E-state index contributed by atoms with van der Waals surface area (Å²) in [5.74, 6) is -0.192. The molecule has 0 aliphatic carbocycles. The van der Waals surface area contributed by atoms with E-state index in [4.69, 9.17) is 4.74 Å². The highest BCUT2D eigenvalue weighted by Crippen LogP contribution is 2.24. The fraction of sp³-hybridized carbons (Fsp3) is 0.150. The lowest BCUT2D eigenvalue weighted by Crippen LogP contribution is -2.18. The molecule has 5 nitrogen and oxygen atoms in total. The summed E-state index contributed by atoms with van der Waals surface area (Å²) in [6.07, 6.45) is 0. The highest BCUT2D eigenvalue weighted by Gasteiger charge is 2.08. The monoisotopic (exact) mass is 395 g/mol. The van der Waals surface area contributed by atoms with Gasteiger partial charge in [0.2, 0.25) is 5.91 Å². The molecule has 0 atom stereocenters. The predicted molar refractivity (Wildman–Crippen MR) is 110 cm³/mol. The number of benzene rings is 2. The summed E-state index contributed by atoms with van der Waals surface area (Å²) >= 11 is 3.19. The van der Waals surface area contributed by atoms with E-state index in [0.717, 1.165) is 37.2 Å². The second kappa shape index (κ2) is 7.96. The Kier molecular flexibility index (Phi) is 5.24. The molecule has 1 amide bonds. The Balaban J connectivity index is 1.32. The van der Waals surface area contributed by atoms with Crippen molar-refractivity contribution < 1.29 is 9.53 Å². The van der Waals surface area contributed by atoms with Gasteiger partial charge in [-0.25, -0.2) is 9.97 Å². The zero-order valence-corrected chi connectivity index (χ0v) is 16.3. The van der Waals surface area contributed by atoms with Crippen molar-refractivity contribution in [3.63, 3.8) is 0 Å². The minimum absolute atomic E-state index is 0.0179. The summed E-state index contributed by atoms with van der Waals surface area (Å²) in [4.78, 5) is 21.1. The number of amides is 1. The first-order valence-corrected chi connectivity index (χ1v) is 10.1. The van der Waals surface area contributed by atoms with Gasteiger partial charge in [0.25, 0.3) is 0 Å². The van der Waals surface area contributed by atoms with E-state index in [1.807, 2.05) is 60.8 Å². The Morgan fingerprint density at radius 2 is 2.04 bits per heavy atom. The van der Waals surface area contributed by atoms with Crippen molar-refractivity contribution in [1.29, 1.82) is 0 Å². The average molecular weight is 396 g/mol. The lowest BCUT2D eigenvalue weighted by Gasteiger charge is -2.07. The molecule has 4 aromatic rings. The van der Waals surface area contributed by atoms with Crippen LogP contribution in [0.25, 0.3) is 21.5 Å². The number of carbonyl (C=O) groups excluding carboxylic acids is 1. The highest BCUT2D eigenvalue weighted by molar-refractivity contribution is 7.18. The zero-order chi connectivity index (χ0) is 18.6. The highest BCUT2D eigenvalue weighted by atomic mass is 32.1. The molecule has 7 heteroatoms. The fourth-order valence-electron chi connectivity index (χ4n) is 2.66. The summed E-state index contributed by atoms with van der Waals surface area (Å²) in [6, 6.07) is 15.6. The number of nitrogens with zero attached hydrogens (tertiary/aromatic N) is 2. The van der Waals surface area contributed by atoms with Gasteiger partial charge in [0.1, 0.15) is 11.6 Å². The number of para-hydroxylation sites is 1. The maximum Gasteiger partial charge on any atom is 0.250 e. The van der Waals surface area contributed by atoms with E-state index in [1.165, 1.54) is 0 Å². The Bertz CT molecular complexity index is 1050. The van der Waals surface area contributed by atoms with Crippen LogP contribution in [0.15, 0.2) is 53.9 Å². The lowest BCUT2D eigenvalue weighted by atomic mass is 10.1. The first kappa shape index (κ1) is 17.8. The van der Waals surface area contributed by atoms with Crippen LogP contribution in [-0.2, 0) is 16.1 Å². The average Bonchev–Trinajstić information content (AvgIpc) is 3.27. The number of fused-ring (bicyclic) bond motifs is 1. The molecule has 0 unspecified atom stereocenters. The number of rotatable bonds is 6. The summed E-state index contributed by atoms with van der Waals surface area (Å²) in [5, 5.41) is 6.76. The zero-order valence-electron chi connectivity index (χ0n) is 14.6. The molecule has 0 bridgehead atoms. The molecule has 0 aliphatic rings. The van der Waals surface area contributed by atoms with Gasteiger partial charge in [-0.15, -0.1) is 22.7 Å². The molecule has 2 aromatic carbocycles. The Morgan fingerprint density at radius 1 is 1.15 bits per heavy atom. The Morgan fingerprint density at radius 3 is 2.85 bits per heavy atom. The molecule has 0 saturated carbocycles. The summed E-state index contributed by atoms with van der Waals surface area (Å²) < 4.78 is 6.65. The molecular weight excluding hydrogens is 378 g/mol. The molecule has 136 valence electrons. The minimum Gasteiger partial charge on any atom is -0.364 e. The summed E-state index contributed by atoms with van der Waals surface area (Å²) in [5.41, 5.74) is 3.58. The van der Waals surface area contributed by atoms with Crippen LogP contribution >= 0.6 is 22.7 Å². The second-order valence-electron chi connectivity index (χ2n) is 5.95. The molecule has 4 rings (SSSR count). The molecule has 0 saturated heterocycles. The molecule has 27 heavy (non-hydrogen) atoms. The minimum atomic E-state index is -0.192. The SMILES string of the molecule is Cc1nc(-c2cccc(NC(=O)COCc3nc4ccccc4s3)c2)cs1. The molecule has 0 aliphatic heterocycles. The Hall–Kier alpha value is -2.61. The third-order valence-electron chi connectivity index (χ3n) is 3.86. The van der Waals surface area contributed by atoms with E-state index in [0.29, 0.717) is 6.61 Å². The van der Waals surface area contributed by atoms with Crippen LogP contribution in [0.3, 0.4) is 0 Å². The van der Waals surface area contributed by atoms with Gasteiger partial charge < -0.3 is 10.1 Å². The van der Waals surface area contributed by atoms with E-state index in [-0.39, 0.29) is 12.5 Å². The largest absolute Gasteiger partial charge is 0.364 e. The van der Waals surface area contributed by atoms with E-state index in [9.17, 15) is 4.79 Å². The topological polar surface area (TPSA) is 64.1 Å². The second-order valence-corrected chi connectivity index (χ2v) is 8.13. The van der Waals surface area contributed by atoms with Crippen molar-refractivity contribution in [2.24, 2.45) is 0 Å².